The monoisotopic (exact) mass is 228 g/mol. The second kappa shape index (κ2) is 4.64. The van der Waals surface area contributed by atoms with Crippen LogP contribution in [0.5, 0.6) is 0 Å². The highest BCUT2D eigenvalue weighted by atomic mass is 32.2. The molecule has 0 aliphatic carbocycles. The lowest BCUT2D eigenvalue weighted by Crippen LogP contribution is -2.58. The lowest BCUT2D eigenvalue weighted by atomic mass is 9.81. The molecule has 0 amide bonds. The summed E-state index contributed by atoms with van der Waals surface area (Å²) in [5.41, 5.74) is 0.516. The van der Waals surface area contributed by atoms with Crippen LogP contribution < -0.4 is 5.32 Å². The van der Waals surface area contributed by atoms with Crippen molar-refractivity contribution < 1.29 is 0 Å². The third kappa shape index (κ3) is 2.69. The highest BCUT2D eigenvalue weighted by molar-refractivity contribution is 7.99. The van der Waals surface area contributed by atoms with Crippen molar-refractivity contribution in [2.45, 2.75) is 39.3 Å². The minimum Gasteiger partial charge on any atom is -0.312 e. The topological polar surface area (TPSA) is 15.3 Å². The Morgan fingerprint density at radius 2 is 2.20 bits per heavy atom. The van der Waals surface area contributed by atoms with Crippen LogP contribution in [0.25, 0.3) is 0 Å². The highest BCUT2D eigenvalue weighted by Gasteiger charge is 2.37. The summed E-state index contributed by atoms with van der Waals surface area (Å²) in [4.78, 5) is 2.72. The van der Waals surface area contributed by atoms with Gasteiger partial charge in [-0.2, -0.15) is 11.8 Å². The molecule has 2 heterocycles. The fourth-order valence-corrected chi connectivity index (χ4v) is 4.49. The minimum atomic E-state index is 0.516. The summed E-state index contributed by atoms with van der Waals surface area (Å²) >= 11 is 2.14. The maximum Gasteiger partial charge on any atom is 0.0238 e. The molecule has 0 saturated carbocycles. The van der Waals surface area contributed by atoms with Crippen LogP contribution in [0.2, 0.25) is 0 Å². The molecule has 0 spiro atoms. The molecule has 2 aliphatic rings. The molecule has 0 aromatic heterocycles. The summed E-state index contributed by atoms with van der Waals surface area (Å²) < 4.78 is 0. The fraction of sp³-hybridized carbons (Fsp3) is 1.00. The van der Waals surface area contributed by atoms with E-state index in [4.69, 9.17) is 0 Å². The van der Waals surface area contributed by atoms with E-state index in [1.54, 1.807) is 0 Å². The molecule has 88 valence electrons. The lowest BCUT2D eigenvalue weighted by Gasteiger charge is -2.47. The molecule has 0 bridgehead atoms. The largest absolute Gasteiger partial charge is 0.312 e. The van der Waals surface area contributed by atoms with E-state index in [0.29, 0.717) is 11.5 Å². The molecular weight excluding hydrogens is 204 g/mol. The molecule has 1 N–H and O–H groups in total. The molecule has 2 aliphatic heterocycles. The van der Waals surface area contributed by atoms with Crippen LogP contribution in [0.4, 0.5) is 0 Å². The van der Waals surface area contributed by atoms with Gasteiger partial charge in [0, 0.05) is 37.5 Å². The smallest absolute Gasteiger partial charge is 0.0238 e. The van der Waals surface area contributed by atoms with Gasteiger partial charge < -0.3 is 5.32 Å². The molecular formula is C12H24N2S. The maximum absolute atomic E-state index is 3.53. The third-order valence-electron chi connectivity index (χ3n) is 3.91. The van der Waals surface area contributed by atoms with Gasteiger partial charge in [-0.25, -0.2) is 0 Å². The lowest BCUT2D eigenvalue weighted by molar-refractivity contribution is 0.0726. The molecule has 0 aromatic rings. The van der Waals surface area contributed by atoms with Gasteiger partial charge in [0.1, 0.15) is 0 Å². The molecule has 0 radical (unpaired) electrons. The molecule has 2 rings (SSSR count). The molecule has 2 unspecified atom stereocenters. The number of hydrogen-bond donors (Lipinski definition) is 1. The van der Waals surface area contributed by atoms with Crippen LogP contribution in [0.15, 0.2) is 0 Å². The van der Waals surface area contributed by atoms with Gasteiger partial charge >= 0.3 is 0 Å². The average molecular weight is 228 g/mol. The predicted octanol–water partition coefficient (Wildman–Crippen LogP) is 1.81. The first-order valence-corrected chi connectivity index (χ1v) is 7.30. The predicted molar refractivity (Wildman–Crippen MR) is 68.5 cm³/mol. The van der Waals surface area contributed by atoms with E-state index >= 15 is 0 Å². The van der Waals surface area contributed by atoms with Gasteiger partial charge in [-0.1, -0.05) is 13.8 Å². The van der Waals surface area contributed by atoms with Crippen molar-refractivity contribution in [2.24, 2.45) is 5.41 Å². The molecule has 0 aromatic carbocycles. The van der Waals surface area contributed by atoms with E-state index in [2.05, 4.69) is 42.7 Å². The Balaban J connectivity index is 2.01. The van der Waals surface area contributed by atoms with Crippen molar-refractivity contribution >= 4 is 11.8 Å². The van der Waals surface area contributed by atoms with Gasteiger partial charge in [-0.3, -0.25) is 4.90 Å². The van der Waals surface area contributed by atoms with Gasteiger partial charge in [0.15, 0.2) is 0 Å². The number of nitrogens with one attached hydrogen (secondary N) is 1. The highest BCUT2D eigenvalue weighted by Crippen LogP contribution is 2.37. The summed E-state index contributed by atoms with van der Waals surface area (Å²) in [7, 11) is 0. The number of piperazine rings is 1. The fourth-order valence-electron chi connectivity index (χ4n) is 2.77. The van der Waals surface area contributed by atoms with Crippen LogP contribution in [-0.4, -0.2) is 48.1 Å². The first kappa shape index (κ1) is 11.7. The van der Waals surface area contributed by atoms with E-state index in [9.17, 15) is 0 Å². The quantitative estimate of drug-likeness (QED) is 0.737. The van der Waals surface area contributed by atoms with Gasteiger partial charge in [0.2, 0.25) is 0 Å². The van der Waals surface area contributed by atoms with Crippen molar-refractivity contribution in [1.29, 1.82) is 0 Å². The summed E-state index contributed by atoms with van der Waals surface area (Å²) in [6.07, 6.45) is 1.38. The third-order valence-corrected chi connectivity index (χ3v) is 4.95. The normalized spacial score (nSPS) is 37.8. The summed E-state index contributed by atoms with van der Waals surface area (Å²) in [6, 6.07) is 1.46. The summed E-state index contributed by atoms with van der Waals surface area (Å²) in [5, 5.41) is 3.53. The van der Waals surface area contributed by atoms with Gasteiger partial charge in [0.05, 0.1) is 0 Å². The summed E-state index contributed by atoms with van der Waals surface area (Å²) in [6.45, 7) is 10.8. The number of nitrogens with zero attached hydrogens (tertiary/aromatic N) is 1. The second-order valence-electron chi connectivity index (χ2n) is 5.68. The number of hydrogen-bond acceptors (Lipinski definition) is 3. The Bertz CT molecular complexity index is 218. The van der Waals surface area contributed by atoms with E-state index in [0.717, 1.165) is 6.04 Å². The van der Waals surface area contributed by atoms with Crippen LogP contribution in [0.3, 0.4) is 0 Å². The van der Waals surface area contributed by atoms with E-state index in [-0.39, 0.29) is 0 Å². The molecule has 2 fully saturated rings. The Morgan fingerprint density at radius 1 is 1.40 bits per heavy atom. The molecule has 2 atom stereocenters. The Hall–Kier alpha value is 0.270. The van der Waals surface area contributed by atoms with Crippen LogP contribution >= 0.6 is 11.8 Å². The zero-order valence-corrected chi connectivity index (χ0v) is 11.1. The van der Waals surface area contributed by atoms with Crippen LogP contribution in [0, 0.1) is 5.41 Å². The van der Waals surface area contributed by atoms with Crippen molar-refractivity contribution in [1.82, 2.24) is 10.2 Å². The molecule has 3 heteroatoms. The first-order chi connectivity index (χ1) is 7.09. The SMILES string of the molecule is CC1CN(C2CSCCC2(C)C)CCN1. The second-order valence-corrected chi connectivity index (χ2v) is 6.83. The Labute approximate surface area is 98.2 Å². The van der Waals surface area contributed by atoms with Gasteiger partial charge in [-0.05, 0) is 24.5 Å². The molecule has 2 saturated heterocycles. The molecule has 2 nitrogen and oxygen atoms in total. The standard InChI is InChI=1S/C12H24N2S/c1-10-8-14(6-5-13-10)11-9-15-7-4-12(11,2)3/h10-11,13H,4-9H2,1-3H3. The first-order valence-electron chi connectivity index (χ1n) is 6.15. The van der Waals surface area contributed by atoms with Gasteiger partial charge in [0.25, 0.3) is 0 Å². The van der Waals surface area contributed by atoms with Crippen molar-refractivity contribution in [3.8, 4) is 0 Å². The van der Waals surface area contributed by atoms with Crippen LogP contribution in [-0.2, 0) is 0 Å². The zero-order chi connectivity index (χ0) is 10.9. The van der Waals surface area contributed by atoms with E-state index < -0.39 is 0 Å². The van der Waals surface area contributed by atoms with Crippen molar-refractivity contribution in [3.05, 3.63) is 0 Å². The number of thioether (sulfide) groups is 1. The maximum atomic E-state index is 3.53. The minimum absolute atomic E-state index is 0.516. The van der Waals surface area contributed by atoms with Crippen molar-refractivity contribution in [3.63, 3.8) is 0 Å². The Morgan fingerprint density at radius 3 is 2.87 bits per heavy atom. The van der Waals surface area contributed by atoms with Crippen LogP contribution in [0.1, 0.15) is 27.2 Å². The van der Waals surface area contributed by atoms with E-state index in [1.807, 2.05) is 0 Å². The zero-order valence-electron chi connectivity index (χ0n) is 10.3. The van der Waals surface area contributed by atoms with Gasteiger partial charge in [-0.15, -0.1) is 0 Å². The average Bonchev–Trinajstić information content (AvgIpc) is 2.17. The van der Waals surface area contributed by atoms with E-state index in [1.165, 1.54) is 37.6 Å². The Kier molecular flexibility index (Phi) is 3.63. The molecule has 15 heavy (non-hydrogen) atoms. The van der Waals surface area contributed by atoms with Crippen molar-refractivity contribution in [2.75, 3.05) is 31.1 Å². The summed E-state index contributed by atoms with van der Waals surface area (Å²) in [5.74, 6) is 2.69. The number of rotatable bonds is 1.